The van der Waals surface area contributed by atoms with E-state index in [9.17, 15) is 4.79 Å². The lowest BCUT2D eigenvalue weighted by Crippen LogP contribution is -2.22. The highest BCUT2D eigenvalue weighted by Crippen LogP contribution is 2.27. The van der Waals surface area contributed by atoms with E-state index in [4.69, 9.17) is 0 Å². The van der Waals surface area contributed by atoms with Crippen molar-refractivity contribution in [2.75, 3.05) is 7.05 Å². The smallest absolute Gasteiger partial charge is 0.271 e. The molecular formula is C21H22N4OS. The number of H-pyrrole nitrogens is 1. The van der Waals surface area contributed by atoms with Crippen molar-refractivity contribution in [1.82, 2.24) is 20.5 Å². The second kappa shape index (κ2) is 8.22. The molecule has 0 radical (unpaired) electrons. The zero-order chi connectivity index (χ0) is 19.4. The highest BCUT2D eigenvalue weighted by atomic mass is 32.1. The maximum absolute atomic E-state index is 12.1. The van der Waals surface area contributed by atoms with E-state index in [2.05, 4.69) is 33.1 Å². The number of benzene rings is 1. The Morgan fingerprint density at radius 1 is 1.19 bits per heavy atom. The fourth-order valence-corrected chi connectivity index (χ4v) is 3.12. The van der Waals surface area contributed by atoms with Crippen LogP contribution in [0.15, 0.2) is 42.7 Å². The monoisotopic (exact) mass is 378 g/mol. The molecule has 2 aromatic heterocycles. The van der Waals surface area contributed by atoms with Crippen LogP contribution in [0.3, 0.4) is 0 Å². The molecule has 1 aromatic carbocycles. The lowest BCUT2D eigenvalue weighted by atomic mass is 10.00. The first-order chi connectivity index (χ1) is 13.0. The maximum Gasteiger partial charge on any atom is 0.271 e. The number of hydrogen-bond acceptors (Lipinski definition) is 4. The SMILES string of the molecule is CNC(=O)c1nnc(Cc2cc[nH]c2)c(/C=C(\S)c2ccc(C)cc2)c1C. The Hall–Kier alpha value is -2.86. The van der Waals surface area contributed by atoms with Crippen molar-refractivity contribution in [3.05, 3.63) is 81.9 Å². The van der Waals surface area contributed by atoms with Crippen LogP contribution in [0.4, 0.5) is 0 Å². The van der Waals surface area contributed by atoms with E-state index in [1.165, 1.54) is 5.56 Å². The van der Waals surface area contributed by atoms with E-state index in [1.54, 1.807) is 7.05 Å². The Labute approximate surface area is 164 Å². The number of nitrogens with zero attached hydrogens (tertiary/aromatic N) is 2. The molecule has 0 aliphatic rings. The number of rotatable bonds is 5. The lowest BCUT2D eigenvalue weighted by molar-refractivity contribution is 0.0956. The Morgan fingerprint density at radius 3 is 2.56 bits per heavy atom. The molecule has 0 saturated heterocycles. The van der Waals surface area contributed by atoms with Crippen LogP contribution in [-0.4, -0.2) is 28.1 Å². The minimum atomic E-state index is -0.251. The van der Waals surface area contributed by atoms with Crippen molar-refractivity contribution in [3.63, 3.8) is 0 Å². The highest BCUT2D eigenvalue weighted by molar-refractivity contribution is 7.90. The number of carbonyl (C=O) groups is 1. The molecule has 0 bridgehead atoms. The molecule has 0 spiro atoms. The summed E-state index contributed by atoms with van der Waals surface area (Å²) in [5, 5.41) is 11.1. The molecule has 3 aromatic rings. The van der Waals surface area contributed by atoms with Gasteiger partial charge in [-0.1, -0.05) is 29.8 Å². The van der Waals surface area contributed by atoms with Gasteiger partial charge in [-0.05, 0) is 42.7 Å². The normalized spacial score (nSPS) is 11.5. The standard InChI is InChI=1S/C21H22N4OS/c1-13-4-6-16(7-5-13)19(27)11-17-14(2)20(21(26)22-3)25-24-18(17)10-15-8-9-23-12-15/h4-9,11-12,23,27H,10H2,1-3H3,(H,22,26)/b19-11-. The fraction of sp³-hybridized carbons (Fsp3) is 0.190. The number of aromatic nitrogens is 3. The van der Waals surface area contributed by atoms with Gasteiger partial charge in [0, 0.05) is 36.3 Å². The third kappa shape index (κ3) is 4.28. The second-order valence-electron chi connectivity index (χ2n) is 6.40. The molecule has 0 aliphatic carbocycles. The Morgan fingerprint density at radius 2 is 1.93 bits per heavy atom. The minimum absolute atomic E-state index is 0.251. The minimum Gasteiger partial charge on any atom is -0.367 e. The van der Waals surface area contributed by atoms with Crippen molar-refractivity contribution in [1.29, 1.82) is 0 Å². The number of carbonyl (C=O) groups excluding carboxylic acids is 1. The molecule has 0 atom stereocenters. The molecular weight excluding hydrogens is 356 g/mol. The Kier molecular flexibility index (Phi) is 5.76. The molecule has 1 amide bonds. The van der Waals surface area contributed by atoms with Crippen LogP contribution >= 0.6 is 12.6 Å². The van der Waals surface area contributed by atoms with Crippen molar-refractivity contribution < 1.29 is 4.79 Å². The summed E-state index contributed by atoms with van der Waals surface area (Å²) in [6.45, 7) is 3.94. The average molecular weight is 379 g/mol. The van der Waals surface area contributed by atoms with Crippen LogP contribution in [0.25, 0.3) is 11.0 Å². The van der Waals surface area contributed by atoms with Gasteiger partial charge in [0.15, 0.2) is 5.69 Å². The molecule has 2 N–H and O–H groups in total. The van der Waals surface area contributed by atoms with E-state index in [0.29, 0.717) is 12.1 Å². The molecule has 0 aliphatic heterocycles. The zero-order valence-corrected chi connectivity index (χ0v) is 16.5. The van der Waals surface area contributed by atoms with E-state index in [1.807, 2.05) is 62.6 Å². The van der Waals surface area contributed by atoms with Crippen LogP contribution in [0.2, 0.25) is 0 Å². The first-order valence-electron chi connectivity index (χ1n) is 8.67. The van der Waals surface area contributed by atoms with Crippen LogP contribution in [0.5, 0.6) is 0 Å². The molecule has 6 heteroatoms. The molecule has 0 saturated carbocycles. The summed E-state index contributed by atoms with van der Waals surface area (Å²) in [5.74, 6) is -0.251. The summed E-state index contributed by atoms with van der Waals surface area (Å²) in [6, 6.07) is 10.2. The van der Waals surface area contributed by atoms with Gasteiger partial charge in [0.2, 0.25) is 0 Å². The second-order valence-corrected chi connectivity index (χ2v) is 6.89. The van der Waals surface area contributed by atoms with Gasteiger partial charge in [-0.3, -0.25) is 4.79 Å². The van der Waals surface area contributed by atoms with E-state index in [-0.39, 0.29) is 5.91 Å². The van der Waals surface area contributed by atoms with Crippen LogP contribution in [-0.2, 0) is 6.42 Å². The third-order valence-electron chi connectivity index (χ3n) is 4.45. The summed E-state index contributed by atoms with van der Waals surface area (Å²) < 4.78 is 0. The van der Waals surface area contributed by atoms with Gasteiger partial charge in [0.25, 0.3) is 5.91 Å². The molecule has 0 unspecified atom stereocenters. The van der Waals surface area contributed by atoms with Crippen molar-refractivity contribution in [2.24, 2.45) is 0 Å². The number of aryl methyl sites for hydroxylation is 1. The Bertz CT molecular complexity index is 976. The summed E-state index contributed by atoms with van der Waals surface area (Å²) in [4.78, 5) is 16.0. The van der Waals surface area contributed by atoms with Gasteiger partial charge in [0.1, 0.15) is 0 Å². The molecule has 27 heavy (non-hydrogen) atoms. The van der Waals surface area contributed by atoms with Gasteiger partial charge in [-0.15, -0.1) is 17.7 Å². The fourth-order valence-electron chi connectivity index (χ4n) is 2.85. The number of hydrogen-bond donors (Lipinski definition) is 3. The molecule has 138 valence electrons. The van der Waals surface area contributed by atoms with Gasteiger partial charge in [0.05, 0.1) is 5.69 Å². The summed E-state index contributed by atoms with van der Waals surface area (Å²) in [7, 11) is 1.59. The number of nitrogens with one attached hydrogen (secondary N) is 2. The van der Waals surface area contributed by atoms with Crippen molar-refractivity contribution in [3.8, 4) is 0 Å². The summed E-state index contributed by atoms with van der Waals surface area (Å²) >= 11 is 4.69. The number of aromatic amines is 1. The zero-order valence-electron chi connectivity index (χ0n) is 15.6. The Balaban J connectivity index is 2.10. The predicted molar refractivity (Wildman–Crippen MR) is 112 cm³/mol. The topological polar surface area (TPSA) is 70.7 Å². The quantitative estimate of drug-likeness (QED) is 0.592. The highest BCUT2D eigenvalue weighted by Gasteiger charge is 2.17. The number of thiol groups is 1. The first-order valence-corrected chi connectivity index (χ1v) is 9.12. The maximum atomic E-state index is 12.1. The van der Waals surface area contributed by atoms with E-state index in [0.717, 1.165) is 32.9 Å². The molecule has 5 nitrogen and oxygen atoms in total. The van der Waals surface area contributed by atoms with Crippen LogP contribution < -0.4 is 5.32 Å². The first kappa shape index (κ1) is 18.9. The van der Waals surface area contributed by atoms with E-state index < -0.39 is 0 Å². The average Bonchev–Trinajstić information content (AvgIpc) is 3.17. The van der Waals surface area contributed by atoms with Gasteiger partial charge >= 0.3 is 0 Å². The van der Waals surface area contributed by atoms with Gasteiger partial charge in [-0.25, -0.2) is 0 Å². The lowest BCUT2D eigenvalue weighted by Gasteiger charge is -2.12. The van der Waals surface area contributed by atoms with Gasteiger partial charge < -0.3 is 10.3 Å². The van der Waals surface area contributed by atoms with Crippen molar-refractivity contribution in [2.45, 2.75) is 20.3 Å². The number of amides is 1. The third-order valence-corrected chi connectivity index (χ3v) is 4.83. The predicted octanol–water partition coefficient (Wildman–Crippen LogP) is 3.80. The molecule has 3 rings (SSSR count). The van der Waals surface area contributed by atoms with Crippen molar-refractivity contribution >= 4 is 29.5 Å². The van der Waals surface area contributed by atoms with Crippen LogP contribution in [0, 0.1) is 13.8 Å². The molecule has 2 heterocycles. The van der Waals surface area contributed by atoms with Gasteiger partial charge in [-0.2, -0.15) is 5.10 Å². The summed E-state index contributed by atoms with van der Waals surface area (Å²) in [6.07, 6.45) is 6.39. The van der Waals surface area contributed by atoms with Crippen LogP contribution in [0.1, 0.15) is 44.0 Å². The summed E-state index contributed by atoms with van der Waals surface area (Å²) in [5.41, 5.74) is 6.09. The molecule has 0 fully saturated rings. The largest absolute Gasteiger partial charge is 0.367 e. The van der Waals surface area contributed by atoms with E-state index >= 15 is 0 Å².